The first-order valence-corrected chi connectivity index (χ1v) is 5.13. The van der Waals surface area contributed by atoms with E-state index in [4.69, 9.17) is 9.47 Å². The summed E-state index contributed by atoms with van der Waals surface area (Å²) in [6.45, 7) is 5.35. The highest BCUT2D eigenvalue weighted by atomic mass is 16.5. The van der Waals surface area contributed by atoms with Gasteiger partial charge in [-0.3, -0.25) is 0 Å². The highest BCUT2D eigenvalue weighted by Crippen LogP contribution is 2.17. The van der Waals surface area contributed by atoms with Crippen molar-refractivity contribution in [3.63, 3.8) is 0 Å². The van der Waals surface area contributed by atoms with Crippen LogP contribution in [0.4, 0.5) is 0 Å². The summed E-state index contributed by atoms with van der Waals surface area (Å²) in [6.07, 6.45) is 2.10. The molecule has 1 aromatic rings. The van der Waals surface area contributed by atoms with Crippen molar-refractivity contribution in [2.24, 2.45) is 0 Å². The maximum atomic E-state index is 5.47. The number of hydrogen-bond acceptors (Lipinski definition) is 2. The maximum absolute atomic E-state index is 5.47. The van der Waals surface area contributed by atoms with Gasteiger partial charge in [0.15, 0.2) is 0 Å². The zero-order valence-corrected chi connectivity index (χ0v) is 9.62. The summed E-state index contributed by atoms with van der Waals surface area (Å²) in [5.74, 6) is 0.889. The minimum Gasteiger partial charge on any atom is -0.491 e. The Balaban J connectivity index is 2.56. The number of allylic oxidation sites excluding steroid dienone is 2. The van der Waals surface area contributed by atoms with Crippen LogP contribution in [-0.2, 0) is 4.74 Å². The molecule has 0 atom stereocenters. The van der Waals surface area contributed by atoms with Crippen molar-refractivity contribution in [3.8, 4) is 5.75 Å². The van der Waals surface area contributed by atoms with Crippen LogP contribution < -0.4 is 4.74 Å². The molecule has 0 bridgehead atoms. The fourth-order valence-corrected chi connectivity index (χ4v) is 1.22. The zero-order valence-electron chi connectivity index (χ0n) is 9.62. The predicted octanol–water partition coefficient (Wildman–Crippen LogP) is 3.14. The number of benzene rings is 1. The van der Waals surface area contributed by atoms with E-state index >= 15 is 0 Å². The molecule has 2 heteroatoms. The summed E-state index contributed by atoms with van der Waals surface area (Å²) in [6, 6.07) is 8.10. The van der Waals surface area contributed by atoms with Gasteiger partial charge in [-0.1, -0.05) is 18.2 Å². The quantitative estimate of drug-likeness (QED) is 0.689. The molecule has 0 spiro atoms. The zero-order chi connectivity index (χ0) is 11.1. The van der Waals surface area contributed by atoms with Crippen molar-refractivity contribution in [1.82, 2.24) is 0 Å². The molecule has 0 saturated heterocycles. The molecule has 1 aromatic carbocycles. The van der Waals surface area contributed by atoms with Crippen molar-refractivity contribution < 1.29 is 9.47 Å². The van der Waals surface area contributed by atoms with E-state index in [1.165, 1.54) is 11.1 Å². The molecule has 0 aromatic heterocycles. The van der Waals surface area contributed by atoms with Crippen molar-refractivity contribution in [2.75, 3.05) is 20.3 Å². The maximum Gasteiger partial charge on any atom is 0.119 e. The molecule has 2 nitrogen and oxygen atoms in total. The third-order valence-corrected chi connectivity index (χ3v) is 2.30. The van der Waals surface area contributed by atoms with Gasteiger partial charge in [-0.2, -0.15) is 0 Å². The second-order valence-electron chi connectivity index (χ2n) is 3.34. The molecule has 0 aliphatic carbocycles. The predicted molar refractivity (Wildman–Crippen MR) is 63.1 cm³/mol. The van der Waals surface area contributed by atoms with E-state index in [1.54, 1.807) is 7.11 Å². The Morgan fingerprint density at radius 1 is 1.20 bits per heavy atom. The van der Waals surface area contributed by atoms with E-state index < -0.39 is 0 Å². The van der Waals surface area contributed by atoms with Gasteiger partial charge >= 0.3 is 0 Å². The lowest BCUT2D eigenvalue weighted by Crippen LogP contribution is -2.03. The molecule has 0 radical (unpaired) electrons. The van der Waals surface area contributed by atoms with Crippen LogP contribution >= 0.6 is 0 Å². The Morgan fingerprint density at radius 2 is 1.87 bits per heavy atom. The van der Waals surface area contributed by atoms with E-state index in [2.05, 4.69) is 25.1 Å². The third kappa shape index (κ3) is 3.76. The monoisotopic (exact) mass is 206 g/mol. The Labute approximate surface area is 91.5 Å². The van der Waals surface area contributed by atoms with E-state index in [-0.39, 0.29) is 0 Å². The van der Waals surface area contributed by atoms with Crippen molar-refractivity contribution in [2.45, 2.75) is 13.8 Å². The Morgan fingerprint density at radius 3 is 2.40 bits per heavy atom. The average Bonchev–Trinajstić information content (AvgIpc) is 2.29. The molecular weight excluding hydrogens is 188 g/mol. The summed E-state index contributed by atoms with van der Waals surface area (Å²) in [7, 11) is 1.67. The van der Waals surface area contributed by atoms with E-state index in [9.17, 15) is 0 Å². The van der Waals surface area contributed by atoms with Crippen LogP contribution in [0.5, 0.6) is 5.75 Å². The van der Waals surface area contributed by atoms with Crippen LogP contribution in [0.15, 0.2) is 30.3 Å². The van der Waals surface area contributed by atoms with Crippen molar-refractivity contribution in [1.29, 1.82) is 0 Å². The van der Waals surface area contributed by atoms with E-state index in [0.29, 0.717) is 13.2 Å². The fraction of sp³-hybridized carbons (Fsp3) is 0.385. The summed E-state index contributed by atoms with van der Waals surface area (Å²) in [4.78, 5) is 0. The first-order chi connectivity index (χ1) is 7.27. The minimum absolute atomic E-state index is 0.596. The number of methoxy groups -OCH3 is 1. The molecule has 0 unspecified atom stereocenters. The molecular formula is C13H18O2. The number of hydrogen-bond donors (Lipinski definition) is 0. The van der Waals surface area contributed by atoms with E-state index in [1.807, 2.05) is 19.1 Å². The van der Waals surface area contributed by atoms with Gasteiger partial charge in [-0.25, -0.2) is 0 Å². The van der Waals surface area contributed by atoms with Crippen molar-refractivity contribution in [3.05, 3.63) is 35.9 Å². The molecule has 15 heavy (non-hydrogen) atoms. The third-order valence-electron chi connectivity index (χ3n) is 2.30. The minimum atomic E-state index is 0.596. The summed E-state index contributed by atoms with van der Waals surface area (Å²) in [5, 5.41) is 0. The highest BCUT2D eigenvalue weighted by molar-refractivity contribution is 5.63. The molecule has 0 saturated carbocycles. The van der Waals surface area contributed by atoms with Gasteiger partial charge in [0, 0.05) is 7.11 Å². The summed E-state index contributed by atoms with van der Waals surface area (Å²) < 4.78 is 10.4. The van der Waals surface area contributed by atoms with Crippen LogP contribution in [0.1, 0.15) is 19.4 Å². The van der Waals surface area contributed by atoms with Gasteiger partial charge in [-0.15, -0.1) is 0 Å². The first-order valence-electron chi connectivity index (χ1n) is 5.13. The SMILES string of the molecule is CC=C(C)c1ccc(OCCOC)cc1. The lowest BCUT2D eigenvalue weighted by atomic mass is 10.1. The topological polar surface area (TPSA) is 18.5 Å². The van der Waals surface area contributed by atoms with Gasteiger partial charge in [0.2, 0.25) is 0 Å². The van der Waals surface area contributed by atoms with Gasteiger partial charge in [-0.05, 0) is 37.1 Å². The van der Waals surface area contributed by atoms with Gasteiger partial charge < -0.3 is 9.47 Å². The molecule has 82 valence electrons. The van der Waals surface area contributed by atoms with Crippen LogP contribution in [0.25, 0.3) is 5.57 Å². The molecule has 0 heterocycles. The molecule has 0 amide bonds. The standard InChI is InChI=1S/C13H18O2/c1-4-11(2)12-5-7-13(8-6-12)15-10-9-14-3/h4-8H,9-10H2,1-3H3. The Kier molecular flexibility index (Phi) is 4.91. The first kappa shape index (κ1) is 11.8. The largest absolute Gasteiger partial charge is 0.491 e. The smallest absolute Gasteiger partial charge is 0.119 e. The van der Waals surface area contributed by atoms with Gasteiger partial charge in [0.1, 0.15) is 12.4 Å². The van der Waals surface area contributed by atoms with Crippen molar-refractivity contribution >= 4 is 5.57 Å². The fourth-order valence-electron chi connectivity index (χ4n) is 1.22. The van der Waals surface area contributed by atoms with Crippen LogP contribution in [-0.4, -0.2) is 20.3 Å². The Hall–Kier alpha value is -1.28. The van der Waals surface area contributed by atoms with Crippen LogP contribution in [0.3, 0.4) is 0 Å². The number of ether oxygens (including phenoxy) is 2. The molecule has 0 N–H and O–H groups in total. The normalized spacial score (nSPS) is 11.5. The number of rotatable bonds is 5. The van der Waals surface area contributed by atoms with Crippen LogP contribution in [0, 0.1) is 0 Å². The average molecular weight is 206 g/mol. The second-order valence-corrected chi connectivity index (χ2v) is 3.34. The van der Waals surface area contributed by atoms with E-state index in [0.717, 1.165) is 5.75 Å². The van der Waals surface area contributed by atoms with Gasteiger partial charge in [0.25, 0.3) is 0 Å². The molecule has 0 fully saturated rings. The van der Waals surface area contributed by atoms with Crippen LogP contribution in [0.2, 0.25) is 0 Å². The summed E-state index contributed by atoms with van der Waals surface area (Å²) >= 11 is 0. The Bertz CT molecular complexity index is 312. The molecule has 0 aliphatic heterocycles. The second kappa shape index (κ2) is 6.25. The highest BCUT2D eigenvalue weighted by Gasteiger charge is 1.96. The molecule has 0 aliphatic rings. The van der Waals surface area contributed by atoms with Gasteiger partial charge in [0.05, 0.1) is 6.61 Å². The molecule has 1 rings (SSSR count). The lowest BCUT2D eigenvalue weighted by molar-refractivity contribution is 0.146. The summed E-state index contributed by atoms with van der Waals surface area (Å²) in [5.41, 5.74) is 2.51. The lowest BCUT2D eigenvalue weighted by Gasteiger charge is -2.06.